The number of anilines is 3. The highest BCUT2D eigenvalue weighted by atomic mass is 35.5. The van der Waals surface area contributed by atoms with Crippen LogP contribution in [0.25, 0.3) is 0 Å². The number of nitrogens with one attached hydrogen (secondary N) is 2. The fourth-order valence-corrected chi connectivity index (χ4v) is 7.06. The first-order valence-electron chi connectivity index (χ1n) is 13.3. The van der Waals surface area contributed by atoms with Gasteiger partial charge in [0.05, 0.1) is 40.3 Å². The maximum absolute atomic E-state index is 13.9. The molecule has 0 heterocycles. The van der Waals surface area contributed by atoms with Crippen LogP contribution in [0.5, 0.6) is 11.5 Å². The highest BCUT2D eigenvalue weighted by molar-refractivity contribution is 7.93. The molecular formula is C30H29ClN4O9S2. The minimum atomic E-state index is -4.60. The average Bonchev–Trinajstić information content (AvgIpc) is 3.00. The van der Waals surface area contributed by atoms with E-state index in [4.69, 9.17) is 21.1 Å². The Bertz CT molecular complexity index is 2020. The second-order valence-electron chi connectivity index (χ2n) is 9.92. The predicted octanol–water partition coefficient (Wildman–Crippen LogP) is 5.52. The number of hydrogen-bond donors (Lipinski definition) is 2. The Morgan fingerprint density at radius 1 is 0.870 bits per heavy atom. The Balaban J connectivity index is 1.63. The maximum Gasteiger partial charge on any atom is 0.273 e. The summed E-state index contributed by atoms with van der Waals surface area (Å²) in [6.07, 6.45) is 0. The van der Waals surface area contributed by atoms with Gasteiger partial charge in [-0.25, -0.2) is 16.8 Å². The molecule has 0 bridgehead atoms. The first-order valence-corrected chi connectivity index (χ1v) is 16.6. The van der Waals surface area contributed by atoms with E-state index in [1.165, 1.54) is 75.7 Å². The van der Waals surface area contributed by atoms with Gasteiger partial charge in [-0.2, -0.15) is 0 Å². The number of ether oxygens (including phenoxy) is 2. The SMILES string of the molecule is COc1ccc(C)cc1NS(=O)(=O)c1ccc(NC(=O)CN(c2cc(Cl)ccc2OC)S(=O)(=O)c2ccc(C)c([N+](=O)[O-])c2)cc1. The van der Waals surface area contributed by atoms with Gasteiger partial charge in [0.25, 0.3) is 25.7 Å². The van der Waals surface area contributed by atoms with Crippen LogP contribution in [0.15, 0.2) is 88.7 Å². The van der Waals surface area contributed by atoms with Gasteiger partial charge >= 0.3 is 0 Å². The molecule has 0 aliphatic heterocycles. The van der Waals surface area contributed by atoms with E-state index in [2.05, 4.69) is 10.0 Å². The molecule has 0 aliphatic rings. The molecule has 4 aromatic rings. The van der Waals surface area contributed by atoms with E-state index in [1.54, 1.807) is 25.1 Å². The van der Waals surface area contributed by atoms with Gasteiger partial charge in [-0.05, 0) is 80.1 Å². The third-order valence-electron chi connectivity index (χ3n) is 6.71. The van der Waals surface area contributed by atoms with Crippen molar-refractivity contribution in [1.82, 2.24) is 0 Å². The molecule has 0 saturated carbocycles. The number of rotatable bonds is 12. The topological polar surface area (TPSA) is 174 Å². The highest BCUT2D eigenvalue weighted by Crippen LogP contribution is 2.36. The predicted molar refractivity (Wildman–Crippen MR) is 174 cm³/mol. The second-order valence-corrected chi connectivity index (χ2v) is 13.9. The highest BCUT2D eigenvalue weighted by Gasteiger charge is 2.31. The summed E-state index contributed by atoms with van der Waals surface area (Å²) < 4.78 is 67.7. The van der Waals surface area contributed by atoms with E-state index < -0.39 is 48.0 Å². The summed E-state index contributed by atoms with van der Waals surface area (Å²) in [5.41, 5.74) is 0.951. The number of nitro groups is 1. The Labute approximate surface area is 271 Å². The molecule has 4 aromatic carbocycles. The number of methoxy groups -OCH3 is 2. The molecule has 0 aromatic heterocycles. The van der Waals surface area contributed by atoms with Crippen LogP contribution in [-0.4, -0.2) is 48.4 Å². The molecular weight excluding hydrogens is 660 g/mol. The van der Waals surface area contributed by atoms with Gasteiger partial charge < -0.3 is 14.8 Å². The van der Waals surface area contributed by atoms with Crippen LogP contribution in [0.4, 0.5) is 22.7 Å². The molecule has 0 saturated heterocycles. The lowest BCUT2D eigenvalue weighted by atomic mass is 10.2. The van der Waals surface area contributed by atoms with Crippen molar-refractivity contribution in [2.24, 2.45) is 0 Å². The molecule has 1 amide bonds. The number of benzene rings is 4. The Morgan fingerprint density at radius 3 is 2.13 bits per heavy atom. The standard InChI is InChI=1S/C30H29ClN4O9S2/c1-19-5-13-28(43-3)25(15-19)33-45(39,40)23-11-8-22(9-12-23)32-30(36)18-34(27-16-21(31)7-14-29(27)44-4)46(41,42)24-10-6-20(2)26(17-24)35(37)38/h5-17,33H,18H2,1-4H3,(H,32,36). The molecule has 13 nitrogen and oxygen atoms in total. The second kappa shape index (κ2) is 13.6. The summed E-state index contributed by atoms with van der Waals surface area (Å²) >= 11 is 6.17. The smallest absolute Gasteiger partial charge is 0.273 e. The molecule has 0 aliphatic carbocycles. The summed E-state index contributed by atoms with van der Waals surface area (Å²) in [6, 6.07) is 17.8. The summed E-state index contributed by atoms with van der Waals surface area (Å²) in [5, 5.41) is 14.2. The number of amides is 1. The van der Waals surface area contributed by atoms with Gasteiger partial charge in [0.2, 0.25) is 5.91 Å². The van der Waals surface area contributed by atoms with Crippen LogP contribution < -0.4 is 23.8 Å². The number of carbonyl (C=O) groups is 1. The van der Waals surface area contributed by atoms with E-state index in [1.807, 2.05) is 0 Å². The molecule has 46 heavy (non-hydrogen) atoms. The van der Waals surface area contributed by atoms with Crippen LogP contribution in [0, 0.1) is 24.0 Å². The summed E-state index contributed by atoms with van der Waals surface area (Å²) in [5.74, 6) is -0.422. The lowest BCUT2D eigenvalue weighted by Crippen LogP contribution is -2.38. The van der Waals surface area contributed by atoms with E-state index in [-0.39, 0.29) is 38.3 Å². The summed E-state index contributed by atoms with van der Waals surface area (Å²) in [6.45, 7) is 2.47. The van der Waals surface area contributed by atoms with Crippen LogP contribution in [0.1, 0.15) is 11.1 Å². The van der Waals surface area contributed by atoms with Crippen LogP contribution in [-0.2, 0) is 24.8 Å². The molecule has 0 unspecified atom stereocenters. The number of nitrogens with zero attached hydrogens (tertiary/aromatic N) is 2. The third-order valence-corrected chi connectivity index (χ3v) is 10.1. The first-order chi connectivity index (χ1) is 21.7. The summed E-state index contributed by atoms with van der Waals surface area (Å²) in [4.78, 5) is 23.6. The van der Waals surface area contributed by atoms with Gasteiger partial charge in [-0.1, -0.05) is 23.7 Å². The normalized spacial score (nSPS) is 11.4. The van der Waals surface area contributed by atoms with Crippen LogP contribution >= 0.6 is 11.6 Å². The van der Waals surface area contributed by atoms with E-state index >= 15 is 0 Å². The van der Waals surface area contributed by atoms with Crippen molar-refractivity contribution in [3.8, 4) is 11.5 Å². The average molecular weight is 689 g/mol. The van der Waals surface area contributed by atoms with Crippen LogP contribution in [0.2, 0.25) is 5.02 Å². The zero-order valence-electron chi connectivity index (χ0n) is 25.0. The number of aryl methyl sites for hydroxylation is 2. The largest absolute Gasteiger partial charge is 0.495 e. The molecule has 0 spiro atoms. The number of halogens is 1. The fraction of sp³-hybridized carbons (Fsp3) is 0.167. The van der Waals surface area contributed by atoms with Crippen LogP contribution in [0.3, 0.4) is 0 Å². The molecule has 16 heteroatoms. The molecule has 0 radical (unpaired) electrons. The minimum Gasteiger partial charge on any atom is -0.495 e. The van der Waals surface area contributed by atoms with Gasteiger partial charge in [0, 0.05) is 22.3 Å². The van der Waals surface area contributed by atoms with Crippen molar-refractivity contribution in [2.45, 2.75) is 23.6 Å². The molecule has 0 atom stereocenters. The van der Waals surface area contributed by atoms with Gasteiger partial charge in [0.15, 0.2) is 0 Å². The monoisotopic (exact) mass is 688 g/mol. The minimum absolute atomic E-state index is 0.0645. The van der Waals surface area contributed by atoms with Gasteiger partial charge in [0.1, 0.15) is 18.0 Å². The van der Waals surface area contributed by atoms with E-state index in [9.17, 15) is 31.7 Å². The molecule has 4 rings (SSSR count). The Hall–Kier alpha value is -4.86. The lowest BCUT2D eigenvalue weighted by molar-refractivity contribution is -0.385. The van der Waals surface area contributed by atoms with Crippen molar-refractivity contribution < 1.29 is 36.0 Å². The quantitative estimate of drug-likeness (QED) is 0.144. The number of sulfonamides is 2. The molecule has 2 N–H and O–H groups in total. The van der Waals surface area contributed by atoms with E-state index in [0.717, 1.165) is 15.9 Å². The third kappa shape index (κ3) is 7.50. The van der Waals surface area contributed by atoms with Crippen molar-refractivity contribution in [3.05, 3.63) is 105 Å². The Kier molecular flexibility index (Phi) is 10.1. The first kappa shape index (κ1) is 34.0. The number of carbonyl (C=O) groups excluding carboxylic acids is 1. The van der Waals surface area contributed by atoms with Gasteiger partial charge in [-0.3, -0.25) is 23.9 Å². The van der Waals surface area contributed by atoms with E-state index in [0.29, 0.717) is 5.75 Å². The Morgan fingerprint density at radius 2 is 1.50 bits per heavy atom. The lowest BCUT2D eigenvalue weighted by Gasteiger charge is -2.26. The molecule has 0 fully saturated rings. The van der Waals surface area contributed by atoms with Gasteiger partial charge in [-0.15, -0.1) is 0 Å². The zero-order chi connectivity index (χ0) is 33.8. The zero-order valence-corrected chi connectivity index (χ0v) is 27.4. The summed E-state index contributed by atoms with van der Waals surface area (Å²) in [7, 11) is -5.92. The molecule has 242 valence electrons. The maximum atomic E-state index is 13.9. The fourth-order valence-electron chi connectivity index (χ4n) is 4.38. The van der Waals surface area contributed by atoms with Crippen molar-refractivity contribution in [1.29, 1.82) is 0 Å². The number of nitro benzene ring substituents is 1. The van der Waals surface area contributed by atoms with Crippen molar-refractivity contribution in [3.63, 3.8) is 0 Å². The number of hydrogen-bond acceptors (Lipinski definition) is 9. The van der Waals surface area contributed by atoms with Crippen molar-refractivity contribution >= 4 is 60.3 Å². The van der Waals surface area contributed by atoms with Crippen molar-refractivity contribution in [2.75, 3.05) is 35.1 Å².